The van der Waals surface area contributed by atoms with E-state index in [4.69, 9.17) is 6.48 Å². The van der Waals surface area contributed by atoms with Gasteiger partial charge in [-0.1, -0.05) is 37.3 Å². The summed E-state index contributed by atoms with van der Waals surface area (Å²) in [4.78, 5) is 9.51. The summed E-state index contributed by atoms with van der Waals surface area (Å²) < 4.78 is 8.84. The lowest BCUT2D eigenvalue weighted by atomic mass is 10.2. The molecule has 2 aromatic rings. The Bertz CT molecular complexity index is 615. The Hall–Kier alpha value is -0.570. The van der Waals surface area contributed by atoms with Gasteiger partial charge in [0.1, 0.15) is 0 Å². The van der Waals surface area contributed by atoms with E-state index in [0.29, 0.717) is 0 Å². The topological polar surface area (TPSA) is 42.2 Å². The van der Waals surface area contributed by atoms with Crippen LogP contribution < -0.4 is 0 Å². The number of aromatic nitrogens is 1. The lowest BCUT2D eigenvalue weighted by molar-refractivity contribution is -0.136. The first kappa shape index (κ1) is 20.5. The molecule has 0 radical (unpaired) electrons. The van der Waals surface area contributed by atoms with Gasteiger partial charge in [-0.15, -0.1) is 0 Å². The van der Waals surface area contributed by atoms with Crippen molar-refractivity contribution in [3.05, 3.63) is 58.4 Å². The molecular formula is C18H25I2NO2. The fourth-order valence-electron chi connectivity index (χ4n) is 2.20. The molecule has 0 saturated heterocycles. The van der Waals surface area contributed by atoms with Crippen LogP contribution in [-0.2, 0) is 11.3 Å². The Morgan fingerprint density at radius 2 is 1.48 bits per heavy atom. The number of halogens is 2. The summed E-state index contributed by atoms with van der Waals surface area (Å²) in [5.41, 5.74) is 6.99. The van der Waals surface area contributed by atoms with Crippen LogP contribution in [0.1, 0.15) is 42.8 Å². The fourth-order valence-corrected chi connectivity index (χ4v) is 2.20. The summed E-state index contributed by atoms with van der Waals surface area (Å²) in [5, 5.41) is 7.80. The highest BCUT2D eigenvalue weighted by molar-refractivity contribution is 15.0. The number of carbonyl (C=O) groups is 1. The Kier molecular flexibility index (Phi) is 10.6. The third-order valence-corrected chi connectivity index (χ3v) is 3.89. The first-order chi connectivity index (χ1) is 11.3. The monoisotopic (exact) mass is 542 g/mol. The maximum atomic E-state index is 9.51. The molecule has 3 nitrogen and oxygen atoms in total. The van der Waals surface area contributed by atoms with Gasteiger partial charge in [0.25, 0.3) is 0 Å². The van der Waals surface area contributed by atoms with Gasteiger partial charge in [0, 0.05) is 62.9 Å². The Morgan fingerprint density at radius 1 is 1.09 bits per heavy atom. The first-order valence-electron chi connectivity index (χ1n) is 7.79. The van der Waals surface area contributed by atoms with Crippen LogP contribution in [0.15, 0.2) is 30.3 Å². The van der Waals surface area contributed by atoms with Gasteiger partial charge in [-0.25, -0.2) is 0 Å². The van der Waals surface area contributed by atoms with Crippen molar-refractivity contribution in [1.82, 2.24) is 4.57 Å². The molecule has 1 heterocycles. The molecule has 2 rings (SSSR count). The highest BCUT2D eigenvalue weighted by Crippen LogP contribution is 2.21. The van der Waals surface area contributed by atoms with E-state index in [1.807, 2.05) is 0 Å². The van der Waals surface area contributed by atoms with Gasteiger partial charge in [0.2, 0.25) is 0 Å². The van der Waals surface area contributed by atoms with Crippen LogP contribution in [0.3, 0.4) is 0 Å². The summed E-state index contributed by atoms with van der Waals surface area (Å²) in [6.45, 7) is 11.1. The molecule has 1 N–H and O–H groups in total. The molecule has 5 heteroatoms. The van der Waals surface area contributed by atoms with Crippen LogP contribution in [0.2, 0.25) is 0 Å². The van der Waals surface area contributed by atoms with Crippen molar-refractivity contribution in [2.24, 2.45) is 0 Å². The Labute approximate surface area is 164 Å². The van der Waals surface area contributed by atoms with Gasteiger partial charge in [0.05, 0.1) is 0 Å². The van der Waals surface area contributed by atoms with Crippen LogP contribution in [-0.4, -0.2) is 15.6 Å². The number of carboxylic acid groups (broad SMARTS) is 1. The molecule has 1 unspecified atom stereocenters. The van der Waals surface area contributed by atoms with Crippen molar-refractivity contribution in [2.75, 3.05) is 0 Å². The molecule has 0 aliphatic heterocycles. The number of rotatable bonds is 3. The highest BCUT2D eigenvalue weighted by Gasteiger charge is 2.10. The molecule has 0 bridgehead atoms. The van der Waals surface area contributed by atoms with E-state index in [2.05, 4.69) is 99.8 Å². The normalized spacial score (nSPS) is 11.3. The third kappa shape index (κ3) is 7.24. The van der Waals surface area contributed by atoms with Crippen molar-refractivity contribution in [3.8, 4) is 0 Å². The number of carboxylic acids is 1. The van der Waals surface area contributed by atoms with E-state index < -0.39 is 12.4 Å². The maximum Gasteiger partial charge on any atom is 0.303 e. The number of hydrogen-bond donors (Lipinski definition) is 1. The van der Waals surface area contributed by atoms with E-state index >= 15 is 0 Å². The zero-order valence-electron chi connectivity index (χ0n) is 15.2. The Morgan fingerprint density at radius 3 is 1.83 bits per heavy atom. The molecule has 1 aromatic heterocycles. The summed E-state index contributed by atoms with van der Waals surface area (Å²) in [6.07, 6.45) is -0.981. The summed E-state index contributed by atoms with van der Waals surface area (Å²) in [7, 11) is 0. The van der Waals surface area contributed by atoms with Gasteiger partial charge >= 0.3 is 5.97 Å². The fraction of sp³-hybridized carbons (Fsp3) is 0.389. The lowest BCUT2D eigenvalue weighted by Gasteiger charge is -2.09. The average Bonchev–Trinajstić information content (AvgIpc) is 2.76. The smallest absolute Gasteiger partial charge is 0.303 e. The number of nitrogens with zero attached hydrogens (tertiary/aromatic N) is 1. The first-order valence-corrected chi connectivity index (χ1v) is 13.5. The number of benzene rings is 1. The van der Waals surface area contributed by atoms with E-state index in [1.165, 1.54) is 35.0 Å². The minimum absolute atomic E-state index is 0.979. The van der Waals surface area contributed by atoms with Crippen molar-refractivity contribution in [2.45, 2.75) is 47.6 Å². The second kappa shape index (κ2) is 11.9. The second-order valence-electron chi connectivity index (χ2n) is 5.12. The standard InChI is InChI=1S/C15H19N.C3H6O2.I2/c1-11-12(2)14(4)16(13(11)3)10-15-8-6-5-7-9-15;1-2-3(4)5;1-2/h5-9H,10H2,1-4H3;2H2,1H3,(H,4,5);/i;2D;. The van der Waals surface area contributed by atoms with Gasteiger partial charge in [0.15, 0.2) is 0 Å². The zero-order valence-corrected chi connectivity index (χ0v) is 18.5. The van der Waals surface area contributed by atoms with Gasteiger partial charge in [-0.2, -0.15) is 0 Å². The van der Waals surface area contributed by atoms with E-state index in [9.17, 15) is 4.79 Å². The van der Waals surface area contributed by atoms with Crippen molar-refractivity contribution in [1.29, 1.82) is 0 Å². The lowest BCUT2D eigenvalue weighted by Crippen LogP contribution is -2.03. The van der Waals surface area contributed by atoms with Crippen molar-refractivity contribution >= 4 is 43.2 Å². The predicted octanol–water partition coefficient (Wildman–Crippen LogP) is 6.02. The summed E-state index contributed by atoms with van der Waals surface area (Å²) >= 11 is 4.24. The van der Waals surface area contributed by atoms with E-state index in [0.717, 1.165) is 6.54 Å². The van der Waals surface area contributed by atoms with Gasteiger partial charge in [-0.05, 0) is 44.4 Å². The molecule has 0 spiro atoms. The molecule has 0 aliphatic carbocycles. The highest BCUT2D eigenvalue weighted by atomic mass is 128. The SMILES string of the molecule is Cc1c(C)c(C)n(Cc2ccccc2)c1C.II.[2H]C(C)C(=O)O. The molecule has 0 fully saturated rings. The molecule has 0 aliphatic rings. The van der Waals surface area contributed by atoms with Crippen LogP contribution >= 0.6 is 37.2 Å². The summed E-state index contributed by atoms with van der Waals surface area (Å²) in [5.74, 6) is -1.07. The quantitative estimate of drug-likeness (QED) is 0.483. The largest absolute Gasteiger partial charge is 0.481 e. The molecule has 1 aromatic carbocycles. The number of hydrogen-bond acceptors (Lipinski definition) is 1. The predicted molar refractivity (Wildman–Crippen MR) is 115 cm³/mol. The van der Waals surface area contributed by atoms with Gasteiger partial charge in [-0.3, -0.25) is 4.79 Å². The average molecular weight is 542 g/mol. The molecule has 0 saturated carbocycles. The minimum atomic E-state index is -1.07. The van der Waals surface area contributed by atoms with Crippen LogP contribution in [0.25, 0.3) is 0 Å². The molecule has 1 atom stereocenters. The Balaban J connectivity index is 0.000000563. The molecule has 23 heavy (non-hydrogen) atoms. The van der Waals surface area contributed by atoms with E-state index in [-0.39, 0.29) is 0 Å². The van der Waals surface area contributed by atoms with Crippen LogP contribution in [0.4, 0.5) is 0 Å². The zero-order chi connectivity index (χ0) is 18.9. The third-order valence-electron chi connectivity index (χ3n) is 3.89. The summed E-state index contributed by atoms with van der Waals surface area (Å²) in [6, 6.07) is 10.6. The molecular weight excluding hydrogens is 516 g/mol. The van der Waals surface area contributed by atoms with E-state index in [1.54, 1.807) is 0 Å². The maximum absolute atomic E-state index is 9.51. The van der Waals surface area contributed by atoms with Crippen LogP contribution in [0, 0.1) is 27.7 Å². The van der Waals surface area contributed by atoms with Crippen molar-refractivity contribution in [3.63, 3.8) is 0 Å². The van der Waals surface area contributed by atoms with Crippen molar-refractivity contribution < 1.29 is 11.3 Å². The minimum Gasteiger partial charge on any atom is -0.481 e. The van der Waals surface area contributed by atoms with Gasteiger partial charge < -0.3 is 9.67 Å². The molecule has 0 amide bonds. The molecule has 128 valence electrons. The number of aliphatic carboxylic acids is 1. The van der Waals surface area contributed by atoms with Crippen LogP contribution in [0.5, 0.6) is 0 Å². The second-order valence-corrected chi connectivity index (χ2v) is 5.12.